The molecule has 3 aliphatic rings. The van der Waals surface area contributed by atoms with E-state index < -0.39 is 10.0 Å². The Morgan fingerprint density at radius 1 is 1.17 bits per heavy atom. The molecule has 23 heavy (non-hydrogen) atoms. The molecule has 124 valence electrons. The number of benzene rings is 1. The van der Waals surface area contributed by atoms with Crippen LogP contribution in [0.15, 0.2) is 24.3 Å². The van der Waals surface area contributed by atoms with Crippen LogP contribution in [0.25, 0.3) is 0 Å². The van der Waals surface area contributed by atoms with Crippen LogP contribution < -0.4 is 4.90 Å². The van der Waals surface area contributed by atoms with Gasteiger partial charge in [-0.25, -0.2) is 12.7 Å². The van der Waals surface area contributed by atoms with Gasteiger partial charge in [0.05, 0.1) is 5.25 Å². The van der Waals surface area contributed by atoms with Crippen molar-refractivity contribution in [2.75, 3.05) is 24.5 Å². The molecule has 1 saturated carbocycles. The maximum Gasteiger partial charge on any atom is 0.227 e. The molecule has 6 heteroatoms. The first-order valence-electron chi connectivity index (χ1n) is 8.26. The van der Waals surface area contributed by atoms with Crippen LogP contribution in [0, 0.1) is 12.3 Å². The zero-order valence-electron chi connectivity index (χ0n) is 13.4. The van der Waals surface area contributed by atoms with E-state index in [1.807, 2.05) is 36.1 Å². The molecule has 0 bridgehead atoms. The monoisotopic (exact) mass is 334 g/mol. The molecule has 1 aromatic rings. The van der Waals surface area contributed by atoms with Gasteiger partial charge in [-0.3, -0.25) is 4.79 Å². The SMILES string of the molecule is Cc1ccccc1N1CC2(CCN(S(=O)(=O)C3CC3)C2)CC1=O. The molecule has 0 aromatic heterocycles. The highest BCUT2D eigenvalue weighted by Gasteiger charge is 2.52. The number of rotatable bonds is 3. The van der Waals surface area contributed by atoms with Gasteiger partial charge >= 0.3 is 0 Å². The average Bonchev–Trinajstić information content (AvgIpc) is 3.22. The molecule has 1 atom stereocenters. The first-order chi connectivity index (χ1) is 10.9. The molecule has 5 nitrogen and oxygen atoms in total. The highest BCUT2D eigenvalue weighted by atomic mass is 32.2. The summed E-state index contributed by atoms with van der Waals surface area (Å²) >= 11 is 0. The van der Waals surface area contributed by atoms with Crippen LogP contribution in [0.5, 0.6) is 0 Å². The zero-order valence-corrected chi connectivity index (χ0v) is 14.2. The molecule has 0 N–H and O–H groups in total. The maximum atomic E-state index is 12.5. The number of aryl methyl sites for hydroxylation is 1. The molecular formula is C17H22N2O3S. The number of amides is 1. The molecule has 0 radical (unpaired) electrons. The molecule has 1 spiro atoms. The maximum absolute atomic E-state index is 12.5. The second kappa shape index (κ2) is 5.05. The molecule has 2 saturated heterocycles. The van der Waals surface area contributed by atoms with Gasteiger partial charge in [0.25, 0.3) is 0 Å². The third-order valence-corrected chi connectivity index (χ3v) is 7.78. The summed E-state index contributed by atoms with van der Waals surface area (Å²) in [5, 5.41) is -0.165. The molecule has 3 fully saturated rings. The Hall–Kier alpha value is -1.40. The van der Waals surface area contributed by atoms with Crippen LogP contribution in [-0.4, -0.2) is 43.5 Å². The van der Waals surface area contributed by atoms with Crippen molar-refractivity contribution >= 4 is 21.6 Å². The summed E-state index contributed by atoms with van der Waals surface area (Å²) in [6, 6.07) is 7.89. The molecule has 1 unspecified atom stereocenters. The molecule has 2 aliphatic heterocycles. The van der Waals surface area contributed by atoms with Gasteiger partial charge in [0, 0.05) is 37.2 Å². The minimum Gasteiger partial charge on any atom is -0.312 e. The highest BCUT2D eigenvalue weighted by molar-refractivity contribution is 7.90. The Bertz CT molecular complexity index is 757. The third kappa shape index (κ3) is 2.48. The smallest absolute Gasteiger partial charge is 0.227 e. The molecule has 1 aliphatic carbocycles. The van der Waals surface area contributed by atoms with Gasteiger partial charge in [0.1, 0.15) is 0 Å². The van der Waals surface area contributed by atoms with Gasteiger partial charge < -0.3 is 4.90 Å². The lowest BCUT2D eigenvalue weighted by molar-refractivity contribution is -0.117. The Labute approximate surface area is 137 Å². The van der Waals surface area contributed by atoms with Crippen molar-refractivity contribution in [3.8, 4) is 0 Å². The summed E-state index contributed by atoms with van der Waals surface area (Å²) < 4.78 is 26.5. The standard InChI is InChI=1S/C17H22N2O3S/c1-13-4-2-3-5-15(13)19-12-17(10-16(19)20)8-9-18(11-17)23(21,22)14-6-7-14/h2-5,14H,6-12H2,1H3. The Kier molecular flexibility index (Phi) is 3.32. The number of para-hydroxylation sites is 1. The number of carbonyl (C=O) groups excluding carboxylic acids is 1. The van der Waals surface area contributed by atoms with Gasteiger partial charge in [0.15, 0.2) is 0 Å². The van der Waals surface area contributed by atoms with E-state index in [4.69, 9.17) is 0 Å². The van der Waals surface area contributed by atoms with Crippen molar-refractivity contribution in [2.24, 2.45) is 5.41 Å². The largest absolute Gasteiger partial charge is 0.312 e. The summed E-state index contributed by atoms with van der Waals surface area (Å²) in [5.41, 5.74) is 1.83. The highest BCUT2D eigenvalue weighted by Crippen LogP contribution is 2.45. The van der Waals surface area contributed by atoms with Gasteiger partial charge in [-0.05, 0) is 37.8 Å². The van der Waals surface area contributed by atoms with Crippen LogP contribution in [0.1, 0.15) is 31.2 Å². The summed E-state index contributed by atoms with van der Waals surface area (Å²) in [7, 11) is -3.13. The van der Waals surface area contributed by atoms with Crippen molar-refractivity contribution < 1.29 is 13.2 Å². The van der Waals surface area contributed by atoms with Crippen LogP contribution in [0.4, 0.5) is 5.69 Å². The molecular weight excluding hydrogens is 312 g/mol. The molecule has 4 rings (SSSR count). The second-order valence-electron chi connectivity index (χ2n) is 7.27. The number of nitrogens with zero attached hydrogens (tertiary/aromatic N) is 2. The normalized spacial score (nSPS) is 28.9. The van der Waals surface area contributed by atoms with Gasteiger partial charge in [0.2, 0.25) is 15.9 Å². The Balaban J connectivity index is 1.56. The molecule has 2 heterocycles. The van der Waals surface area contributed by atoms with Crippen molar-refractivity contribution in [1.82, 2.24) is 4.31 Å². The van der Waals surface area contributed by atoms with E-state index in [1.54, 1.807) is 4.31 Å². The lowest BCUT2D eigenvalue weighted by atomic mass is 9.86. The van der Waals surface area contributed by atoms with Gasteiger partial charge in [-0.15, -0.1) is 0 Å². The molecule has 1 aromatic carbocycles. The van der Waals surface area contributed by atoms with Crippen molar-refractivity contribution in [2.45, 2.75) is 37.9 Å². The topological polar surface area (TPSA) is 57.7 Å². The van der Waals surface area contributed by atoms with Gasteiger partial charge in [-0.2, -0.15) is 0 Å². The van der Waals surface area contributed by atoms with E-state index in [-0.39, 0.29) is 16.6 Å². The minimum absolute atomic E-state index is 0.116. The van der Waals surface area contributed by atoms with E-state index in [0.29, 0.717) is 26.1 Å². The summed E-state index contributed by atoms with van der Waals surface area (Å²) in [6.07, 6.45) is 2.82. The third-order valence-electron chi connectivity index (χ3n) is 5.44. The predicted octanol–water partition coefficient (Wildman–Crippen LogP) is 1.92. The molecule has 1 amide bonds. The van der Waals surface area contributed by atoms with Crippen LogP contribution >= 0.6 is 0 Å². The first kappa shape index (κ1) is 15.1. The summed E-state index contributed by atoms with van der Waals surface area (Å²) in [6.45, 7) is 3.70. The van der Waals surface area contributed by atoms with E-state index >= 15 is 0 Å². The van der Waals surface area contributed by atoms with Gasteiger partial charge in [-0.1, -0.05) is 18.2 Å². The summed E-state index contributed by atoms with van der Waals surface area (Å²) in [4.78, 5) is 14.4. The minimum atomic E-state index is -3.13. The lowest BCUT2D eigenvalue weighted by Gasteiger charge is -2.25. The van der Waals surface area contributed by atoms with E-state index in [2.05, 4.69) is 0 Å². The zero-order chi connectivity index (χ0) is 16.2. The number of anilines is 1. The number of hydrogen-bond donors (Lipinski definition) is 0. The number of carbonyl (C=O) groups is 1. The number of hydrogen-bond acceptors (Lipinski definition) is 3. The fraction of sp³-hybridized carbons (Fsp3) is 0.588. The van der Waals surface area contributed by atoms with Crippen molar-refractivity contribution in [3.05, 3.63) is 29.8 Å². The van der Waals surface area contributed by atoms with E-state index in [0.717, 1.165) is 30.5 Å². The van der Waals surface area contributed by atoms with Crippen LogP contribution in [-0.2, 0) is 14.8 Å². The quantitative estimate of drug-likeness (QED) is 0.848. The fourth-order valence-electron chi connectivity index (χ4n) is 3.94. The summed E-state index contributed by atoms with van der Waals surface area (Å²) in [5.74, 6) is 0.116. The predicted molar refractivity (Wildman–Crippen MR) is 88.7 cm³/mol. The Morgan fingerprint density at radius 2 is 1.91 bits per heavy atom. The van der Waals surface area contributed by atoms with Crippen LogP contribution in [0.3, 0.4) is 0 Å². The van der Waals surface area contributed by atoms with Crippen LogP contribution in [0.2, 0.25) is 0 Å². The van der Waals surface area contributed by atoms with E-state index in [9.17, 15) is 13.2 Å². The average molecular weight is 334 g/mol. The van der Waals surface area contributed by atoms with E-state index in [1.165, 1.54) is 0 Å². The first-order valence-corrected chi connectivity index (χ1v) is 9.77. The number of sulfonamides is 1. The van der Waals surface area contributed by atoms with Crippen molar-refractivity contribution in [3.63, 3.8) is 0 Å². The second-order valence-corrected chi connectivity index (χ2v) is 9.48. The Morgan fingerprint density at radius 3 is 2.61 bits per heavy atom. The lowest BCUT2D eigenvalue weighted by Crippen LogP contribution is -2.35. The fourth-order valence-corrected chi connectivity index (χ4v) is 5.90. The van der Waals surface area contributed by atoms with Crippen molar-refractivity contribution in [1.29, 1.82) is 0 Å².